The molecule has 2 heterocycles. The number of anilines is 3. The van der Waals surface area contributed by atoms with Gasteiger partial charge in [0.15, 0.2) is 0 Å². The molecule has 0 bridgehead atoms. The number of rotatable bonds is 7. The first-order valence-electron chi connectivity index (χ1n) is 14.4. The standard InChI is InChI=1S/C32H37Cl2N5O2/c1-2-23-5-3-6-27(21-23)38-19-17-37(18-20-38)22-30(40)35-26-11-9-24(10-12-26)25-13-15-39(16-14-25)32(41)36-31-28(33)7-4-8-29(31)34/h3-12,21,25H,2,13-20,22H2,1H3,(H,35,40)(H,36,41). The third kappa shape index (κ3) is 7.53. The van der Waals surface area contributed by atoms with E-state index >= 15 is 0 Å². The van der Waals surface area contributed by atoms with E-state index in [2.05, 4.69) is 63.8 Å². The number of piperazine rings is 1. The van der Waals surface area contributed by atoms with Crippen LogP contribution < -0.4 is 15.5 Å². The number of amides is 3. The zero-order valence-electron chi connectivity index (χ0n) is 23.4. The quantitative estimate of drug-likeness (QED) is 0.319. The molecule has 0 spiro atoms. The highest BCUT2D eigenvalue weighted by molar-refractivity contribution is 6.39. The summed E-state index contributed by atoms with van der Waals surface area (Å²) >= 11 is 12.4. The molecule has 2 aliphatic rings. The second-order valence-corrected chi connectivity index (χ2v) is 11.6. The molecule has 2 N–H and O–H groups in total. The molecular formula is C32H37Cl2N5O2. The van der Waals surface area contributed by atoms with Crippen LogP contribution in [-0.4, -0.2) is 67.6 Å². The second-order valence-electron chi connectivity index (χ2n) is 10.7. The average molecular weight is 595 g/mol. The Hall–Kier alpha value is -3.26. The molecule has 7 nitrogen and oxygen atoms in total. The van der Waals surface area contributed by atoms with Crippen molar-refractivity contribution >= 4 is 52.2 Å². The van der Waals surface area contributed by atoms with Crippen LogP contribution in [0.1, 0.15) is 36.8 Å². The van der Waals surface area contributed by atoms with Crippen LogP contribution in [0.15, 0.2) is 66.7 Å². The van der Waals surface area contributed by atoms with E-state index < -0.39 is 0 Å². The molecule has 2 fully saturated rings. The van der Waals surface area contributed by atoms with Crippen LogP contribution in [0.5, 0.6) is 0 Å². The fourth-order valence-corrected chi connectivity index (χ4v) is 6.09. The number of hydrogen-bond acceptors (Lipinski definition) is 4. The molecule has 0 radical (unpaired) electrons. The van der Waals surface area contributed by atoms with E-state index in [0.29, 0.717) is 41.3 Å². The van der Waals surface area contributed by atoms with Gasteiger partial charge in [0.2, 0.25) is 5.91 Å². The van der Waals surface area contributed by atoms with Crippen molar-refractivity contribution < 1.29 is 9.59 Å². The molecule has 5 rings (SSSR count). The van der Waals surface area contributed by atoms with Crippen molar-refractivity contribution in [3.8, 4) is 0 Å². The maximum atomic E-state index is 12.8. The van der Waals surface area contributed by atoms with E-state index in [0.717, 1.165) is 51.1 Å². The highest BCUT2D eigenvalue weighted by atomic mass is 35.5. The summed E-state index contributed by atoms with van der Waals surface area (Å²) in [5.41, 5.74) is 5.09. The number of nitrogens with zero attached hydrogens (tertiary/aromatic N) is 3. The average Bonchev–Trinajstić information content (AvgIpc) is 3.00. The Morgan fingerprint density at radius 2 is 1.49 bits per heavy atom. The van der Waals surface area contributed by atoms with Gasteiger partial charge in [0, 0.05) is 50.6 Å². The summed E-state index contributed by atoms with van der Waals surface area (Å²) in [5, 5.41) is 6.74. The molecular weight excluding hydrogens is 557 g/mol. The minimum Gasteiger partial charge on any atom is -0.369 e. The number of aryl methyl sites for hydroxylation is 1. The molecule has 2 saturated heterocycles. The lowest BCUT2D eigenvalue weighted by molar-refractivity contribution is -0.117. The van der Waals surface area contributed by atoms with Crippen molar-refractivity contribution in [2.24, 2.45) is 0 Å². The number of piperidine rings is 1. The van der Waals surface area contributed by atoms with Crippen molar-refractivity contribution in [3.05, 3.63) is 87.9 Å². The van der Waals surface area contributed by atoms with Gasteiger partial charge in [0.25, 0.3) is 0 Å². The highest BCUT2D eigenvalue weighted by Crippen LogP contribution is 2.32. The van der Waals surface area contributed by atoms with Crippen LogP contribution >= 0.6 is 23.2 Å². The minimum atomic E-state index is -0.191. The summed E-state index contributed by atoms with van der Waals surface area (Å²) in [4.78, 5) is 31.9. The molecule has 3 amide bonds. The number of hydrogen-bond donors (Lipinski definition) is 2. The van der Waals surface area contributed by atoms with Gasteiger partial charge in [0.05, 0.1) is 22.3 Å². The van der Waals surface area contributed by atoms with Gasteiger partial charge >= 0.3 is 6.03 Å². The number of carbonyl (C=O) groups is 2. The van der Waals surface area contributed by atoms with Crippen LogP contribution in [0.3, 0.4) is 0 Å². The van der Waals surface area contributed by atoms with E-state index in [1.54, 1.807) is 23.1 Å². The van der Waals surface area contributed by atoms with E-state index in [4.69, 9.17) is 23.2 Å². The van der Waals surface area contributed by atoms with E-state index in [1.807, 2.05) is 12.1 Å². The van der Waals surface area contributed by atoms with Crippen molar-refractivity contribution in [1.82, 2.24) is 9.80 Å². The lowest BCUT2D eigenvalue weighted by Gasteiger charge is -2.36. The molecule has 0 unspecified atom stereocenters. The van der Waals surface area contributed by atoms with Crippen LogP contribution in [0, 0.1) is 0 Å². The van der Waals surface area contributed by atoms with Gasteiger partial charge in [0.1, 0.15) is 0 Å². The third-order valence-corrected chi connectivity index (χ3v) is 8.70. The van der Waals surface area contributed by atoms with Gasteiger partial charge in [-0.1, -0.05) is 60.5 Å². The van der Waals surface area contributed by atoms with E-state index in [1.165, 1.54) is 16.8 Å². The Morgan fingerprint density at radius 1 is 0.829 bits per heavy atom. The lowest BCUT2D eigenvalue weighted by Crippen LogP contribution is -2.48. The minimum absolute atomic E-state index is 0.0112. The topological polar surface area (TPSA) is 67.9 Å². The lowest BCUT2D eigenvalue weighted by atomic mass is 9.89. The monoisotopic (exact) mass is 593 g/mol. The molecule has 0 atom stereocenters. The molecule has 41 heavy (non-hydrogen) atoms. The number of urea groups is 1. The number of benzene rings is 3. The van der Waals surface area contributed by atoms with Gasteiger partial charge in [-0.15, -0.1) is 0 Å². The Balaban J connectivity index is 1.05. The fourth-order valence-electron chi connectivity index (χ4n) is 5.60. The molecule has 0 saturated carbocycles. The van der Waals surface area contributed by atoms with Gasteiger partial charge in [-0.05, 0) is 72.7 Å². The molecule has 0 aliphatic carbocycles. The maximum absolute atomic E-state index is 12.8. The summed E-state index contributed by atoms with van der Waals surface area (Å²) in [5.74, 6) is 0.374. The maximum Gasteiger partial charge on any atom is 0.321 e. The first kappa shape index (κ1) is 29.2. The van der Waals surface area contributed by atoms with Gasteiger partial charge < -0.3 is 20.4 Å². The molecule has 216 valence electrons. The van der Waals surface area contributed by atoms with Crippen molar-refractivity contribution in [1.29, 1.82) is 0 Å². The van der Waals surface area contributed by atoms with Crippen LogP contribution in [0.2, 0.25) is 10.0 Å². The number of halogens is 2. The molecule has 0 aromatic heterocycles. The zero-order chi connectivity index (χ0) is 28.8. The Kier molecular flexibility index (Phi) is 9.70. The van der Waals surface area contributed by atoms with Crippen LogP contribution in [0.4, 0.5) is 21.9 Å². The number of para-hydroxylation sites is 1. The first-order chi connectivity index (χ1) is 19.9. The Labute approximate surface area is 252 Å². The Morgan fingerprint density at radius 3 is 2.15 bits per heavy atom. The second kappa shape index (κ2) is 13.6. The molecule has 3 aromatic rings. The van der Waals surface area contributed by atoms with Crippen molar-refractivity contribution in [2.75, 3.05) is 61.3 Å². The van der Waals surface area contributed by atoms with Crippen molar-refractivity contribution in [3.63, 3.8) is 0 Å². The fraction of sp³-hybridized carbons (Fsp3) is 0.375. The smallest absolute Gasteiger partial charge is 0.321 e. The van der Waals surface area contributed by atoms with Gasteiger partial charge in [-0.2, -0.15) is 0 Å². The molecule has 2 aliphatic heterocycles. The number of carbonyl (C=O) groups excluding carboxylic acids is 2. The predicted octanol–water partition coefficient (Wildman–Crippen LogP) is 6.73. The summed E-state index contributed by atoms with van der Waals surface area (Å²) < 4.78 is 0. The third-order valence-electron chi connectivity index (χ3n) is 8.07. The van der Waals surface area contributed by atoms with Crippen molar-refractivity contribution in [2.45, 2.75) is 32.1 Å². The normalized spacial score (nSPS) is 16.5. The van der Waals surface area contributed by atoms with Crippen LogP contribution in [-0.2, 0) is 11.2 Å². The van der Waals surface area contributed by atoms with Crippen LogP contribution in [0.25, 0.3) is 0 Å². The number of nitrogens with one attached hydrogen (secondary N) is 2. The SMILES string of the molecule is CCc1cccc(N2CCN(CC(=O)Nc3ccc(C4CCN(C(=O)Nc5c(Cl)cccc5Cl)CC4)cc3)CC2)c1. The molecule has 9 heteroatoms. The summed E-state index contributed by atoms with van der Waals surface area (Å²) in [6.07, 6.45) is 2.77. The summed E-state index contributed by atoms with van der Waals surface area (Å²) in [7, 11) is 0. The largest absolute Gasteiger partial charge is 0.369 e. The first-order valence-corrected chi connectivity index (χ1v) is 15.1. The summed E-state index contributed by atoms with van der Waals surface area (Å²) in [6, 6.07) is 21.8. The van der Waals surface area contributed by atoms with E-state index in [9.17, 15) is 9.59 Å². The van der Waals surface area contributed by atoms with Gasteiger partial charge in [-0.25, -0.2) is 4.79 Å². The molecule has 3 aromatic carbocycles. The highest BCUT2D eigenvalue weighted by Gasteiger charge is 2.25. The predicted molar refractivity (Wildman–Crippen MR) is 169 cm³/mol. The van der Waals surface area contributed by atoms with Gasteiger partial charge in [-0.3, -0.25) is 9.69 Å². The Bertz CT molecular complexity index is 1330. The van der Waals surface area contributed by atoms with E-state index in [-0.39, 0.29) is 11.9 Å². The number of likely N-dealkylation sites (tertiary alicyclic amines) is 1. The zero-order valence-corrected chi connectivity index (χ0v) is 24.9. The summed E-state index contributed by atoms with van der Waals surface area (Å²) in [6.45, 7) is 7.44.